The summed E-state index contributed by atoms with van der Waals surface area (Å²) in [6.07, 6.45) is 0.906. The van der Waals surface area contributed by atoms with Gasteiger partial charge < -0.3 is 0 Å². The van der Waals surface area contributed by atoms with Crippen LogP contribution >= 0.6 is 0 Å². The van der Waals surface area contributed by atoms with Gasteiger partial charge in [0.15, 0.2) is 0 Å². The summed E-state index contributed by atoms with van der Waals surface area (Å²) in [6, 6.07) is 13.2. The molecule has 0 amide bonds. The van der Waals surface area contributed by atoms with Crippen molar-refractivity contribution in [3.8, 4) is 0 Å². The molecule has 0 aliphatic carbocycles. The molecule has 0 saturated heterocycles. The van der Waals surface area contributed by atoms with Crippen molar-refractivity contribution in [2.24, 2.45) is 5.84 Å². The largest absolute Gasteiger partial charge is 0.271 e. The fraction of sp³-hybridized carbons (Fsp3) is 0.333. The van der Waals surface area contributed by atoms with E-state index in [9.17, 15) is 0 Å². The van der Waals surface area contributed by atoms with Crippen LogP contribution in [0.2, 0.25) is 0 Å². The first kappa shape index (κ1) is 14.8. The van der Waals surface area contributed by atoms with Gasteiger partial charge in [-0.25, -0.2) is 0 Å². The van der Waals surface area contributed by atoms with Gasteiger partial charge in [-0.1, -0.05) is 47.5 Å². The second kappa shape index (κ2) is 6.21. The third-order valence-electron chi connectivity index (χ3n) is 3.94. The summed E-state index contributed by atoms with van der Waals surface area (Å²) < 4.78 is 0. The minimum Gasteiger partial charge on any atom is -0.271 e. The summed E-state index contributed by atoms with van der Waals surface area (Å²) in [7, 11) is 0. The first-order valence-electron chi connectivity index (χ1n) is 7.10. The molecule has 0 bridgehead atoms. The highest BCUT2D eigenvalue weighted by molar-refractivity contribution is 5.37. The Bertz CT molecular complexity index is 582. The predicted molar refractivity (Wildman–Crippen MR) is 85.6 cm³/mol. The predicted octanol–water partition coefficient (Wildman–Crippen LogP) is 3.67. The van der Waals surface area contributed by atoms with E-state index >= 15 is 0 Å². The zero-order chi connectivity index (χ0) is 14.7. The van der Waals surface area contributed by atoms with Crippen molar-refractivity contribution in [3.05, 3.63) is 69.8 Å². The van der Waals surface area contributed by atoms with Crippen LogP contribution in [0.1, 0.15) is 39.4 Å². The van der Waals surface area contributed by atoms with Crippen LogP contribution < -0.4 is 11.3 Å². The zero-order valence-electron chi connectivity index (χ0n) is 12.8. The minimum absolute atomic E-state index is 0.149. The van der Waals surface area contributed by atoms with Crippen molar-refractivity contribution in [2.45, 2.75) is 40.2 Å². The van der Waals surface area contributed by atoms with E-state index in [1.807, 2.05) is 0 Å². The van der Waals surface area contributed by atoms with Gasteiger partial charge in [-0.15, -0.1) is 0 Å². The lowest BCUT2D eigenvalue weighted by molar-refractivity contribution is 0.549. The van der Waals surface area contributed by atoms with Gasteiger partial charge in [0.05, 0.1) is 6.04 Å². The lowest BCUT2D eigenvalue weighted by atomic mass is 9.92. The van der Waals surface area contributed by atoms with Gasteiger partial charge in [0.25, 0.3) is 0 Å². The van der Waals surface area contributed by atoms with Gasteiger partial charge in [-0.05, 0) is 56.4 Å². The number of rotatable bonds is 4. The SMILES string of the molecule is Cc1cc(C)cc(CC(NN)c2cccc(C)c2C)c1. The molecule has 0 radical (unpaired) electrons. The summed E-state index contributed by atoms with van der Waals surface area (Å²) in [4.78, 5) is 0. The van der Waals surface area contributed by atoms with Crippen LogP contribution in [-0.4, -0.2) is 0 Å². The number of benzene rings is 2. The molecule has 0 saturated carbocycles. The van der Waals surface area contributed by atoms with Gasteiger partial charge in [-0.3, -0.25) is 11.3 Å². The molecule has 0 spiro atoms. The van der Waals surface area contributed by atoms with Crippen LogP contribution in [0.15, 0.2) is 36.4 Å². The fourth-order valence-corrected chi connectivity index (χ4v) is 2.83. The standard InChI is InChI=1S/C18H24N2/c1-12-8-13(2)10-16(9-12)11-18(20-19)17-7-5-6-14(3)15(17)4/h5-10,18,20H,11,19H2,1-4H3. The van der Waals surface area contributed by atoms with Crippen molar-refractivity contribution in [3.63, 3.8) is 0 Å². The van der Waals surface area contributed by atoms with Crippen LogP contribution in [0.25, 0.3) is 0 Å². The molecule has 3 N–H and O–H groups in total. The summed E-state index contributed by atoms with van der Waals surface area (Å²) in [5.41, 5.74) is 10.8. The van der Waals surface area contributed by atoms with Crippen molar-refractivity contribution in [1.82, 2.24) is 5.43 Å². The molecule has 20 heavy (non-hydrogen) atoms. The van der Waals surface area contributed by atoms with Gasteiger partial charge in [0.2, 0.25) is 0 Å². The molecule has 106 valence electrons. The third kappa shape index (κ3) is 3.27. The van der Waals surface area contributed by atoms with Crippen LogP contribution in [-0.2, 0) is 6.42 Å². The maximum Gasteiger partial charge on any atom is 0.0503 e. The van der Waals surface area contributed by atoms with E-state index in [0.717, 1.165) is 6.42 Å². The molecule has 2 rings (SSSR count). The first-order valence-corrected chi connectivity index (χ1v) is 7.10. The third-order valence-corrected chi connectivity index (χ3v) is 3.94. The van der Waals surface area contributed by atoms with E-state index < -0.39 is 0 Å². The van der Waals surface area contributed by atoms with E-state index in [-0.39, 0.29) is 6.04 Å². The smallest absolute Gasteiger partial charge is 0.0503 e. The van der Waals surface area contributed by atoms with Gasteiger partial charge in [0, 0.05) is 0 Å². The highest BCUT2D eigenvalue weighted by Gasteiger charge is 2.14. The van der Waals surface area contributed by atoms with Crippen molar-refractivity contribution >= 4 is 0 Å². The highest BCUT2D eigenvalue weighted by Crippen LogP contribution is 2.24. The molecule has 1 atom stereocenters. The van der Waals surface area contributed by atoms with Crippen LogP contribution in [0, 0.1) is 27.7 Å². The molecular formula is C18H24N2. The van der Waals surface area contributed by atoms with E-state index in [1.165, 1.54) is 33.4 Å². The number of hydrogen-bond donors (Lipinski definition) is 2. The van der Waals surface area contributed by atoms with E-state index in [2.05, 4.69) is 69.5 Å². The normalized spacial score (nSPS) is 12.4. The summed E-state index contributed by atoms with van der Waals surface area (Å²) in [6.45, 7) is 8.58. The molecule has 2 heteroatoms. The molecule has 0 aromatic heterocycles. The summed E-state index contributed by atoms with van der Waals surface area (Å²) >= 11 is 0. The molecular weight excluding hydrogens is 244 g/mol. The maximum atomic E-state index is 5.80. The Balaban J connectivity index is 2.31. The van der Waals surface area contributed by atoms with Gasteiger partial charge in [0.1, 0.15) is 0 Å². The highest BCUT2D eigenvalue weighted by atomic mass is 15.2. The van der Waals surface area contributed by atoms with E-state index in [0.29, 0.717) is 0 Å². The van der Waals surface area contributed by atoms with Crippen molar-refractivity contribution in [2.75, 3.05) is 0 Å². The second-order valence-corrected chi connectivity index (χ2v) is 5.71. The molecule has 0 aliphatic rings. The quantitative estimate of drug-likeness (QED) is 0.656. The van der Waals surface area contributed by atoms with E-state index in [1.54, 1.807) is 0 Å². The maximum absolute atomic E-state index is 5.80. The molecule has 1 unspecified atom stereocenters. The number of aryl methyl sites for hydroxylation is 3. The Labute approximate surface area is 122 Å². The number of hydrogen-bond acceptors (Lipinski definition) is 2. The summed E-state index contributed by atoms with van der Waals surface area (Å²) in [5.74, 6) is 5.80. The molecule has 0 heterocycles. The number of hydrazine groups is 1. The molecule has 0 aliphatic heterocycles. The second-order valence-electron chi connectivity index (χ2n) is 5.71. The topological polar surface area (TPSA) is 38.0 Å². The van der Waals surface area contributed by atoms with Crippen LogP contribution in [0.3, 0.4) is 0 Å². The summed E-state index contributed by atoms with van der Waals surface area (Å²) in [5, 5.41) is 0. The van der Waals surface area contributed by atoms with Crippen LogP contribution in [0.5, 0.6) is 0 Å². The van der Waals surface area contributed by atoms with Gasteiger partial charge >= 0.3 is 0 Å². The minimum atomic E-state index is 0.149. The molecule has 2 aromatic carbocycles. The number of nitrogens with two attached hydrogens (primary N) is 1. The Kier molecular flexibility index (Phi) is 4.58. The van der Waals surface area contributed by atoms with Crippen LogP contribution in [0.4, 0.5) is 0 Å². The Morgan fingerprint density at radius 2 is 1.65 bits per heavy atom. The molecule has 0 fully saturated rings. The Morgan fingerprint density at radius 3 is 2.25 bits per heavy atom. The van der Waals surface area contributed by atoms with Crippen molar-refractivity contribution < 1.29 is 0 Å². The fourth-order valence-electron chi connectivity index (χ4n) is 2.83. The van der Waals surface area contributed by atoms with E-state index in [4.69, 9.17) is 5.84 Å². The first-order chi connectivity index (χ1) is 9.51. The average molecular weight is 268 g/mol. The van der Waals surface area contributed by atoms with Crippen molar-refractivity contribution in [1.29, 1.82) is 0 Å². The molecule has 2 nitrogen and oxygen atoms in total. The number of nitrogens with one attached hydrogen (secondary N) is 1. The lowest BCUT2D eigenvalue weighted by Gasteiger charge is -2.20. The van der Waals surface area contributed by atoms with Gasteiger partial charge in [-0.2, -0.15) is 0 Å². The monoisotopic (exact) mass is 268 g/mol. The lowest BCUT2D eigenvalue weighted by Crippen LogP contribution is -2.30. The average Bonchev–Trinajstić information content (AvgIpc) is 2.38. The zero-order valence-corrected chi connectivity index (χ0v) is 12.8. The Morgan fingerprint density at radius 1 is 1.00 bits per heavy atom. The molecule has 2 aromatic rings. The Hall–Kier alpha value is -1.64.